The van der Waals surface area contributed by atoms with Crippen molar-refractivity contribution in [2.24, 2.45) is 11.7 Å². The molecule has 0 aromatic rings. The second-order valence-electron chi connectivity index (χ2n) is 4.85. The van der Waals surface area contributed by atoms with Gasteiger partial charge in [0.15, 0.2) is 0 Å². The molecule has 1 amide bonds. The molecule has 0 saturated heterocycles. The first-order valence-corrected chi connectivity index (χ1v) is 6.63. The highest BCUT2D eigenvalue weighted by Crippen LogP contribution is 2.13. The van der Waals surface area contributed by atoms with Crippen LogP contribution in [0.4, 0.5) is 0 Å². The van der Waals surface area contributed by atoms with Gasteiger partial charge < -0.3 is 15.7 Å². The molecule has 0 radical (unpaired) electrons. The summed E-state index contributed by atoms with van der Waals surface area (Å²) in [6.07, 6.45) is 2.20. The Hall–Kier alpha value is -1.10. The van der Waals surface area contributed by atoms with Crippen molar-refractivity contribution in [2.45, 2.75) is 52.5 Å². The number of hydrogen-bond donors (Lipinski definition) is 2. The van der Waals surface area contributed by atoms with Crippen LogP contribution in [0.2, 0.25) is 0 Å². The van der Waals surface area contributed by atoms with Crippen LogP contribution in [-0.2, 0) is 9.59 Å². The molecule has 0 spiro atoms. The second kappa shape index (κ2) is 8.91. The Kier molecular flexibility index (Phi) is 8.37. The quantitative estimate of drug-likeness (QED) is 0.656. The van der Waals surface area contributed by atoms with E-state index in [1.807, 2.05) is 6.92 Å². The van der Waals surface area contributed by atoms with E-state index < -0.39 is 5.97 Å². The maximum absolute atomic E-state index is 12.0. The van der Waals surface area contributed by atoms with Crippen LogP contribution < -0.4 is 5.73 Å². The van der Waals surface area contributed by atoms with Crippen molar-refractivity contribution in [3.8, 4) is 0 Å². The normalized spacial score (nSPS) is 14.0. The summed E-state index contributed by atoms with van der Waals surface area (Å²) < 4.78 is 0. The molecule has 0 aromatic heterocycles. The van der Waals surface area contributed by atoms with Gasteiger partial charge in [0.05, 0.1) is 6.42 Å². The number of nitrogens with two attached hydrogens (primary N) is 1. The van der Waals surface area contributed by atoms with Gasteiger partial charge in [-0.3, -0.25) is 9.59 Å². The van der Waals surface area contributed by atoms with Gasteiger partial charge in [0, 0.05) is 19.0 Å². The van der Waals surface area contributed by atoms with E-state index in [2.05, 4.69) is 6.92 Å². The Labute approximate surface area is 109 Å². The van der Waals surface area contributed by atoms with Gasteiger partial charge >= 0.3 is 5.97 Å². The maximum Gasteiger partial charge on any atom is 0.305 e. The monoisotopic (exact) mass is 258 g/mol. The van der Waals surface area contributed by atoms with Crippen LogP contribution >= 0.6 is 0 Å². The zero-order valence-corrected chi connectivity index (χ0v) is 11.7. The van der Waals surface area contributed by atoms with Crippen molar-refractivity contribution in [3.05, 3.63) is 0 Å². The number of carbonyl (C=O) groups excluding carboxylic acids is 1. The molecule has 0 fully saturated rings. The fraction of sp³-hybridized carbons (Fsp3) is 0.846. The summed E-state index contributed by atoms with van der Waals surface area (Å²) in [6, 6.07) is -0.246. The Bertz CT molecular complexity index is 269. The van der Waals surface area contributed by atoms with Crippen LogP contribution in [0.25, 0.3) is 0 Å². The third kappa shape index (κ3) is 6.59. The van der Waals surface area contributed by atoms with Gasteiger partial charge in [-0.15, -0.1) is 0 Å². The van der Waals surface area contributed by atoms with E-state index in [-0.39, 0.29) is 18.4 Å². The molecule has 2 unspecified atom stereocenters. The Morgan fingerprint density at radius 3 is 2.33 bits per heavy atom. The fourth-order valence-electron chi connectivity index (χ4n) is 2.04. The van der Waals surface area contributed by atoms with Crippen LogP contribution in [-0.4, -0.2) is 41.0 Å². The van der Waals surface area contributed by atoms with Gasteiger partial charge in [0.2, 0.25) is 5.91 Å². The standard InChI is InChI=1S/C13H26N2O3/c1-4-15(11(3)9-13(17)18)12(16)6-5-10(2)7-8-14/h10-11H,4-9,14H2,1-3H3,(H,17,18). The van der Waals surface area contributed by atoms with Crippen LogP contribution in [0.15, 0.2) is 0 Å². The molecular formula is C13H26N2O3. The van der Waals surface area contributed by atoms with Crippen molar-refractivity contribution in [1.82, 2.24) is 4.90 Å². The highest BCUT2D eigenvalue weighted by molar-refractivity contribution is 5.77. The number of hydrogen-bond acceptors (Lipinski definition) is 3. The third-order valence-corrected chi connectivity index (χ3v) is 3.17. The molecule has 0 saturated carbocycles. The number of amides is 1. The van der Waals surface area contributed by atoms with E-state index in [1.165, 1.54) is 0 Å². The van der Waals surface area contributed by atoms with Crippen molar-refractivity contribution in [2.75, 3.05) is 13.1 Å². The highest BCUT2D eigenvalue weighted by atomic mass is 16.4. The first-order chi connectivity index (χ1) is 8.42. The van der Waals surface area contributed by atoms with Gasteiger partial charge in [-0.25, -0.2) is 0 Å². The largest absolute Gasteiger partial charge is 0.481 e. The Morgan fingerprint density at radius 1 is 1.28 bits per heavy atom. The maximum atomic E-state index is 12.0. The first kappa shape index (κ1) is 16.9. The smallest absolute Gasteiger partial charge is 0.305 e. The van der Waals surface area contributed by atoms with E-state index in [1.54, 1.807) is 11.8 Å². The van der Waals surface area contributed by atoms with Gasteiger partial charge in [-0.1, -0.05) is 6.92 Å². The molecule has 106 valence electrons. The summed E-state index contributed by atoms with van der Waals surface area (Å²) in [4.78, 5) is 24.3. The number of carboxylic acids is 1. The molecule has 0 aliphatic carbocycles. The summed E-state index contributed by atoms with van der Waals surface area (Å²) in [6.45, 7) is 6.93. The third-order valence-electron chi connectivity index (χ3n) is 3.17. The van der Waals surface area contributed by atoms with E-state index in [0.717, 1.165) is 12.8 Å². The fourth-order valence-corrected chi connectivity index (χ4v) is 2.04. The number of rotatable bonds is 9. The summed E-state index contributed by atoms with van der Waals surface area (Å²) in [5, 5.41) is 8.75. The summed E-state index contributed by atoms with van der Waals surface area (Å²) in [5.74, 6) is -0.396. The number of carboxylic acid groups (broad SMARTS) is 1. The van der Waals surface area contributed by atoms with Crippen LogP contribution in [0.3, 0.4) is 0 Å². The highest BCUT2D eigenvalue weighted by Gasteiger charge is 2.20. The van der Waals surface area contributed by atoms with Crippen LogP contribution in [0.5, 0.6) is 0 Å². The van der Waals surface area contributed by atoms with Crippen molar-refractivity contribution < 1.29 is 14.7 Å². The predicted octanol–water partition coefficient (Wildman–Crippen LogP) is 1.46. The Balaban J connectivity index is 4.22. The average Bonchev–Trinajstić information content (AvgIpc) is 2.26. The zero-order valence-electron chi connectivity index (χ0n) is 11.7. The lowest BCUT2D eigenvalue weighted by atomic mass is 10.0. The lowest BCUT2D eigenvalue weighted by molar-refractivity contribution is -0.140. The molecule has 0 aliphatic heterocycles. The molecule has 0 bridgehead atoms. The van der Waals surface area contributed by atoms with Crippen molar-refractivity contribution in [3.63, 3.8) is 0 Å². The predicted molar refractivity (Wildman–Crippen MR) is 71.2 cm³/mol. The minimum atomic E-state index is -0.870. The van der Waals surface area contributed by atoms with Gasteiger partial charge in [0.25, 0.3) is 0 Å². The molecule has 0 aliphatic rings. The van der Waals surface area contributed by atoms with E-state index in [0.29, 0.717) is 25.4 Å². The Morgan fingerprint density at radius 2 is 1.89 bits per heavy atom. The molecule has 5 nitrogen and oxygen atoms in total. The SMILES string of the molecule is CCN(C(=O)CCC(C)CCN)C(C)CC(=O)O. The summed E-state index contributed by atoms with van der Waals surface area (Å²) >= 11 is 0. The number of aliphatic carboxylic acids is 1. The first-order valence-electron chi connectivity index (χ1n) is 6.63. The molecule has 3 N–H and O–H groups in total. The summed E-state index contributed by atoms with van der Waals surface area (Å²) in [5.41, 5.74) is 5.46. The summed E-state index contributed by atoms with van der Waals surface area (Å²) in [7, 11) is 0. The molecule has 18 heavy (non-hydrogen) atoms. The van der Waals surface area contributed by atoms with E-state index in [9.17, 15) is 9.59 Å². The minimum absolute atomic E-state index is 0.00205. The van der Waals surface area contributed by atoms with Crippen molar-refractivity contribution in [1.29, 1.82) is 0 Å². The van der Waals surface area contributed by atoms with Gasteiger partial charge in [-0.2, -0.15) is 0 Å². The molecule has 0 heterocycles. The van der Waals surface area contributed by atoms with Gasteiger partial charge in [-0.05, 0) is 39.2 Å². The molecular weight excluding hydrogens is 232 g/mol. The van der Waals surface area contributed by atoms with Crippen LogP contribution in [0, 0.1) is 5.92 Å². The topological polar surface area (TPSA) is 83.6 Å². The lowest BCUT2D eigenvalue weighted by Gasteiger charge is -2.27. The van der Waals surface area contributed by atoms with Gasteiger partial charge in [0.1, 0.15) is 0 Å². The second-order valence-corrected chi connectivity index (χ2v) is 4.85. The van der Waals surface area contributed by atoms with E-state index in [4.69, 9.17) is 10.8 Å². The minimum Gasteiger partial charge on any atom is -0.481 e. The van der Waals surface area contributed by atoms with E-state index >= 15 is 0 Å². The lowest BCUT2D eigenvalue weighted by Crippen LogP contribution is -2.39. The number of nitrogens with zero attached hydrogens (tertiary/aromatic N) is 1. The number of carbonyl (C=O) groups is 2. The van der Waals surface area contributed by atoms with Crippen molar-refractivity contribution >= 4 is 11.9 Å². The molecule has 0 rings (SSSR count). The molecule has 2 atom stereocenters. The van der Waals surface area contributed by atoms with Crippen LogP contribution in [0.1, 0.15) is 46.5 Å². The zero-order chi connectivity index (χ0) is 14.1. The average molecular weight is 258 g/mol. The molecule has 0 aromatic carbocycles. The molecule has 5 heteroatoms.